The summed E-state index contributed by atoms with van der Waals surface area (Å²) in [4.78, 5) is 1.56. The fraction of sp³-hybridized carbons (Fsp3) is 1.00. The summed E-state index contributed by atoms with van der Waals surface area (Å²) in [6.07, 6.45) is -4.15. The van der Waals surface area contributed by atoms with E-state index < -0.39 is 36.5 Å². The number of hydrogen-bond donors (Lipinski definition) is 5. The molecule has 6 nitrogen and oxygen atoms in total. The first kappa shape index (κ1) is 10.3. The average Bonchev–Trinajstić information content (AvgIpc) is 2.54. The largest absolute Gasteiger partial charge is 0.395 e. The second-order valence-corrected chi connectivity index (χ2v) is 3.98. The van der Waals surface area contributed by atoms with Gasteiger partial charge in [0.05, 0.1) is 43.1 Å². The Bertz CT molecular complexity index is 226. The summed E-state index contributed by atoms with van der Waals surface area (Å²) >= 11 is 0. The predicted molar refractivity (Wildman–Crippen MR) is 45.4 cm³/mol. The molecule has 0 saturated carbocycles. The van der Waals surface area contributed by atoms with E-state index in [0.717, 1.165) is 0 Å². The Kier molecular flexibility index (Phi) is 2.50. The Hall–Kier alpha value is -0.240. The molecule has 0 spiro atoms. The number of aliphatic hydroxyl groups is 5. The molecule has 2 heterocycles. The van der Waals surface area contributed by atoms with Crippen molar-refractivity contribution in [2.24, 2.45) is 0 Å². The fourth-order valence-electron chi connectivity index (χ4n) is 2.46. The third-order valence-corrected chi connectivity index (χ3v) is 3.23. The second-order valence-electron chi connectivity index (χ2n) is 3.98. The van der Waals surface area contributed by atoms with Crippen LogP contribution in [0.2, 0.25) is 0 Å². The van der Waals surface area contributed by atoms with Crippen LogP contribution in [0.3, 0.4) is 0 Å². The molecule has 0 bridgehead atoms. The minimum Gasteiger partial charge on any atom is -0.395 e. The summed E-state index contributed by atoms with van der Waals surface area (Å²) in [6, 6.07) is -1.26. The zero-order valence-electron chi connectivity index (χ0n) is 7.56. The molecule has 2 aliphatic heterocycles. The molecular weight excluding hydrogens is 190 g/mol. The van der Waals surface area contributed by atoms with E-state index in [4.69, 9.17) is 5.11 Å². The number of nitrogens with zero attached hydrogens (tertiary/aromatic N) is 1. The standard InChI is InChI=1S/C8H15NO5/c10-2-3-6(12)8(14)5-7(13)4(11)1-9(3)5/h3-8,10-14H,1-2H2/t3-,4-,5-,6-,7-,8-/m1/s1. The lowest BCUT2D eigenvalue weighted by molar-refractivity contribution is -0.0268. The highest BCUT2D eigenvalue weighted by molar-refractivity contribution is 5.09. The molecule has 0 unspecified atom stereocenters. The van der Waals surface area contributed by atoms with E-state index in [0.29, 0.717) is 0 Å². The van der Waals surface area contributed by atoms with E-state index in [1.54, 1.807) is 4.90 Å². The Morgan fingerprint density at radius 3 is 2.21 bits per heavy atom. The quantitative estimate of drug-likeness (QED) is 0.304. The molecule has 2 saturated heterocycles. The molecule has 0 aromatic rings. The van der Waals surface area contributed by atoms with Gasteiger partial charge in [0.1, 0.15) is 0 Å². The highest BCUT2D eigenvalue weighted by Crippen LogP contribution is 2.33. The Morgan fingerprint density at radius 1 is 1.00 bits per heavy atom. The van der Waals surface area contributed by atoms with Gasteiger partial charge in [-0.1, -0.05) is 0 Å². The van der Waals surface area contributed by atoms with Crippen molar-refractivity contribution >= 4 is 0 Å². The van der Waals surface area contributed by atoms with E-state index in [1.165, 1.54) is 0 Å². The molecule has 0 aliphatic carbocycles. The first-order valence-electron chi connectivity index (χ1n) is 4.66. The summed E-state index contributed by atoms with van der Waals surface area (Å²) < 4.78 is 0. The molecule has 2 fully saturated rings. The SMILES string of the molecule is OC[C@@H]1[C@@H](O)[C@H](O)[C@H]2[C@H](O)[C@H](O)CN21. The van der Waals surface area contributed by atoms with Crippen LogP contribution in [0.15, 0.2) is 0 Å². The van der Waals surface area contributed by atoms with Crippen LogP contribution >= 0.6 is 0 Å². The van der Waals surface area contributed by atoms with E-state index in [2.05, 4.69) is 0 Å². The monoisotopic (exact) mass is 205 g/mol. The highest BCUT2D eigenvalue weighted by atomic mass is 16.4. The predicted octanol–water partition coefficient (Wildman–Crippen LogP) is -3.51. The second kappa shape index (κ2) is 3.41. The van der Waals surface area contributed by atoms with Crippen LogP contribution < -0.4 is 0 Å². The van der Waals surface area contributed by atoms with Gasteiger partial charge in [-0.25, -0.2) is 0 Å². The van der Waals surface area contributed by atoms with Crippen molar-refractivity contribution < 1.29 is 25.5 Å². The van der Waals surface area contributed by atoms with Gasteiger partial charge in [0.15, 0.2) is 0 Å². The van der Waals surface area contributed by atoms with Crippen LogP contribution in [-0.4, -0.2) is 80.1 Å². The van der Waals surface area contributed by atoms with Gasteiger partial charge >= 0.3 is 0 Å². The van der Waals surface area contributed by atoms with Gasteiger partial charge in [-0.15, -0.1) is 0 Å². The normalized spacial score (nSPS) is 53.8. The molecule has 0 amide bonds. The topological polar surface area (TPSA) is 104 Å². The molecule has 2 rings (SSSR count). The molecule has 6 heteroatoms. The number of hydrogen-bond acceptors (Lipinski definition) is 6. The summed E-state index contributed by atoms with van der Waals surface area (Å²) in [7, 11) is 0. The van der Waals surface area contributed by atoms with Crippen LogP contribution in [0.4, 0.5) is 0 Å². The molecule has 6 atom stereocenters. The maximum absolute atomic E-state index is 9.58. The smallest absolute Gasteiger partial charge is 0.0996 e. The number of fused-ring (bicyclic) bond motifs is 1. The molecule has 14 heavy (non-hydrogen) atoms. The van der Waals surface area contributed by atoms with Gasteiger partial charge in [-0.3, -0.25) is 4.90 Å². The molecule has 0 radical (unpaired) electrons. The summed E-state index contributed by atoms with van der Waals surface area (Å²) in [5.41, 5.74) is 0. The van der Waals surface area contributed by atoms with Crippen molar-refractivity contribution in [2.45, 2.75) is 36.5 Å². The van der Waals surface area contributed by atoms with Gasteiger partial charge in [0.25, 0.3) is 0 Å². The zero-order valence-corrected chi connectivity index (χ0v) is 7.56. The van der Waals surface area contributed by atoms with Crippen LogP contribution in [0, 0.1) is 0 Å². The Morgan fingerprint density at radius 2 is 1.64 bits per heavy atom. The first-order valence-corrected chi connectivity index (χ1v) is 4.66. The van der Waals surface area contributed by atoms with Crippen LogP contribution in [0.1, 0.15) is 0 Å². The lowest BCUT2D eigenvalue weighted by Gasteiger charge is -2.22. The fourth-order valence-corrected chi connectivity index (χ4v) is 2.46. The van der Waals surface area contributed by atoms with Crippen molar-refractivity contribution in [3.05, 3.63) is 0 Å². The third-order valence-electron chi connectivity index (χ3n) is 3.23. The number of aliphatic hydroxyl groups excluding tert-OH is 5. The molecule has 5 N–H and O–H groups in total. The third kappa shape index (κ3) is 1.19. The first-order chi connectivity index (χ1) is 6.57. The van der Waals surface area contributed by atoms with Gasteiger partial charge in [0.2, 0.25) is 0 Å². The molecule has 82 valence electrons. The van der Waals surface area contributed by atoms with E-state index in [9.17, 15) is 20.4 Å². The van der Waals surface area contributed by atoms with Gasteiger partial charge in [-0.05, 0) is 0 Å². The minimum absolute atomic E-state index is 0.172. The molecular formula is C8H15NO5. The van der Waals surface area contributed by atoms with Crippen LogP contribution in [0.5, 0.6) is 0 Å². The van der Waals surface area contributed by atoms with Crippen molar-refractivity contribution in [2.75, 3.05) is 13.2 Å². The zero-order chi connectivity index (χ0) is 10.5. The maximum Gasteiger partial charge on any atom is 0.0996 e. The van der Waals surface area contributed by atoms with Crippen molar-refractivity contribution in [3.63, 3.8) is 0 Å². The molecule has 2 aliphatic rings. The lowest BCUT2D eigenvalue weighted by atomic mass is 10.0. The van der Waals surface area contributed by atoms with Crippen LogP contribution in [0.25, 0.3) is 0 Å². The maximum atomic E-state index is 9.58. The van der Waals surface area contributed by atoms with Gasteiger partial charge in [-0.2, -0.15) is 0 Å². The Balaban J connectivity index is 2.21. The van der Waals surface area contributed by atoms with E-state index in [1.807, 2.05) is 0 Å². The van der Waals surface area contributed by atoms with Crippen molar-refractivity contribution in [3.8, 4) is 0 Å². The summed E-state index contributed by atoms with van der Waals surface area (Å²) in [5, 5.41) is 47.0. The van der Waals surface area contributed by atoms with Gasteiger partial charge < -0.3 is 25.5 Å². The van der Waals surface area contributed by atoms with E-state index in [-0.39, 0.29) is 13.2 Å². The summed E-state index contributed by atoms with van der Waals surface area (Å²) in [6.45, 7) is -0.126. The average molecular weight is 205 g/mol. The number of rotatable bonds is 1. The molecule has 0 aromatic heterocycles. The summed E-state index contributed by atoms with van der Waals surface area (Å²) in [5.74, 6) is 0. The van der Waals surface area contributed by atoms with E-state index >= 15 is 0 Å². The van der Waals surface area contributed by atoms with Crippen molar-refractivity contribution in [1.29, 1.82) is 0 Å². The highest BCUT2D eigenvalue weighted by Gasteiger charge is 2.56. The van der Waals surface area contributed by atoms with Crippen LogP contribution in [-0.2, 0) is 0 Å². The van der Waals surface area contributed by atoms with Gasteiger partial charge in [0, 0.05) is 6.54 Å². The van der Waals surface area contributed by atoms with Crippen molar-refractivity contribution in [1.82, 2.24) is 4.90 Å². The lowest BCUT2D eigenvalue weighted by Crippen LogP contribution is -2.41. The minimum atomic E-state index is -1.11. The Labute approximate surface area is 81.0 Å². The molecule has 0 aromatic carbocycles.